The van der Waals surface area contributed by atoms with Gasteiger partial charge in [0.25, 0.3) is 5.69 Å². The van der Waals surface area contributed by atoms with Crippen molar-refractivity contribution in [2.24, 2.45) is 0 Å². The van der Waals surface area contributed by atoms with E-state index in [2.05, 4.69) is 15.7 Å². The van der Waals surface area contributed by atoms with Crippen LogP contribution in [0.15, 0.2) is 48.5 Å². The van der Waals surface area contributed by atoms with Crippen LogP contribution in [0.25, 0.3) is 0 Å². The third-order valence-electron chi connectivity index (χ3n) is 4.18. The summed E-state index contributed by atoms with van der Waals surface area (Å²) in [6, 6.07) is 13.8. The molecule has 2 N–H and O–H groups in total. The Hall–Kier alpha value is -2.97. The van der Waals surface area contributed by atoms with Crippen LogP contribution < -0.4 is 10.6 Å². The van der Waals surface area contributed by atoms with E-state index in [0.717, 1.165) is 22.6 Å². The molecule has 1 aromatic heterocycles. The Kier molecular flexibility index (Phi) is 5.91. The minimum atomic E-state index is -0.448. The highest BCUT2D eigenvalue weighted by atomic mass is 35.5. The lowest BCUT2D eigenvalue weighted by atomic mass is 10.2. The zero-order chi connectivity index (χ0) is 20.3. The highest BCUT2D eigenvalue weighted by molar-refractivity contribution is 7.80. The van der Waals surface area contributed by atoms with Gasteiger partial charge in [0.1, 0.15) is 0 Å². The predicted molar refractivity (Wildman–Crippen MR) is 115 cm³/mol. The zero-order valence-corrected chi connectivity index (χ0v) is 16.8. The number of nitro benzene ring substituents is 1. The van der Waals surface area contributed by atoms with E-state index >= 15 is 0 Å². The minimum Gasteiger partial charge on any atom is -0.332 e. The van der Waals surface area contributed by atoms with Gasteiger partial charge in [-0.15, -0.1) is 0 Å². The number of aryl methyl sites for hydroxylation is 1. The van der Waals surface area contributed by atoms with Crippen LogP contribution in [0.1, 0.15) is 17.0 Å². The maximum atomic E-state index is 10.9. The van der Waals surface area contributed by atoms with E-state index in [9.17, 15) is 10.1 Å². The summed E-state index contributed by atoms with van der Waals surface area (Å²) in [5.74, 6) is 0. The maximum absolute atomic E-state index is 10.9. The number of anilines is 2. The Morgan fingerprint density at radius 3 is 2.61 bits per heavy atom. The van der Waals surface area contributed by atoms with E-state index < -0.39 is 4.92 Å². The molecule has 3 rings (SSSR count). The van der Waals surface area contributed by atoms with Crippen molar-refractivity contribution >= 4 is 46.0 Å². The highest BCUT2D eigenvalue weighted by Crippen LogP contribution is 2.22. The molecule has 3 aromatic rings. The molecule has 2 aromatic carbocycles. The Morgan fingerprint density at radius 2 is 1.93 bits per heavy atom. The second-order valence-corrected chi connectivity index (χ2v) is 7.06. The summed E-state index contributed by atoms with van der Waals surface area (Å²) in [7, 11) is 0. The third-order valence-corrected chi connectivity index (χ3v) is 4.64. The fraction of sp³-hybridized carbons (Fsp3) is 0.158. The first kappa shape index (κ1) is 19.8. The van der Waals surface area contributed by atoms with Gasteiger partial charge >= 0.3 is 0 Å². The summed E-state index contributed by atoms with van der Waals surface area (Å²) in [4.78, 5) is 10.5. The number of hydrogen-bond acceptors (Lipinski definition) is 4. The van der Waals surface area contributed by atoms with Crippen molar-refractivity contribution in [2.75, 3.05) is 10.6 Å². The molecule has 0 aliphatic rings. The van der Waals surface area contributed by atoms with Crippen LogP contribution in [0.2, 0.25) is 5.02 Å². The van der Waals surface area contributed by atoms with Gasteiger partial charge in [0.2, 0.25) is 0 Å². The first-order chi connectivity index (χ1) is 13.3. The molecule has 0 amide bonds. The van der Waals surface area contributed by atoms with Gasteiger partial charge in [-0.05, 0) is 49.8 Å². The number of hydrogen-bond donors (Lipinski definition) is 2. The monoisotopic (exact) mass is 415 g/mol. The van der Waals surface area contributed by atoms with E-state index in [1.54, 1.807) is 12.1 Å². The second-order valence-electron chi connectivity index (χ2n) is 6.22. The summed E-state index contributed by atoms with van der Waals surface area (Å²) < 4.78 is 1.89. The van der Waals surface area contributed by atoms with E-state index in [0.29, 0.717) is 22.4 Å². The summed E-state index contributed by atoms with van der Waals surface area (Å²) in [6.07, 6.45) is 0. The maximum Gasteiger partial charge on any atom is 0.271 e. The summed E-state index contributed by atoms with van der Waals surface area (Å²) in [5, 5.41) is 22.6. The summed E-state index contributed by atoms with van der Waals surface area (Å²) in [5.41, 5.74) is 4.15. The van der Waals surface area contributed by atoms with Gasteiger partial charge in [0, 0.05) is 22.8 Å². The molecule has 9 heteroatoms. The first-order valence-electron chi connectivity index (χ1n) is 8.44. The predicted octanol–water partition coefficient (Wildman–Crippen LogP) is 4.92. The molecule has 28 heavy (non-hydrogen) atoms. The SMILES string of the molecule is Cc1nn(Cc2ccc(Cl)cc2)c(C)c1NC(=S)Nc1cccc([N+](=O)[O-])c1. The van der Waals surface area contributed by atoms with Gasteiger partial charge in [0.05, 0.1) is 28.5 Å². The van der Waals surface area contributed by atoms with Crippen LogP contribution in [0.3, 0.4) is 0 Å². The van der Waals surface area contributed by atoms with Gasteiger partial charge in [-0.2, -0.15) is 5.10 Å². The number of nitro groups is 1. The average Bonchev–Trinajstić information content (AvgIpc) is 2.91. The van der Waals surface area contributed by atoms with Crippen molar-refractivity contribution in [3.05, 3.63) is 80.6 Å². The number of aromatic nitrogens is 2. The normalized spacial score (nSPS) is 10.5. The lowest BCUT2D eigenvalue weighted by Gasteiger charge is -2.11. The topological polar surface area (TPSA) is 85.0 Å². The molecule has 0 saturated carbocycles. The Morgan fingerprint density at radius 1 is 1.21 bits per heavy atom. The van der Waals surface area contributed by atoms with Crippen LogP contribution in [0, 0.1) is 24.0 Å². The zero-order valence-electron chi connectivity index (χ0n) is 15.3. The van der Waals surface area contributed by atoms with E-state index in [1.807, 2.05) is 42.8 Å². The van der Waals surface area contributed by atoms with Crippen molar-refractivity contribution in [2.45, 2.75) is 20.4 Å². The fourth-order valence-electron chi connectivity index (χ4n) is 2.77. The standard InChI is InChI=1S/C19H18ClN5O2S/c1-12-18(13(2)24(23-12)11-14-6-8-15(20)9-7-14)22-19(28)21-16-4-3-5-17(10-16)25(26)27/h3-10H,11H2,1-2H3,(H2,21,22,28). The van der Waals surface area contributed by atoms with Crippen molar-refractivity contribution in [3.63, 3.8) is 0 Å². The van der Waals surface area contributed by atoms with Gasteiger partial charge in [-0.25, -0.2) is 0 Å². The third kappa shape index (κ3) is 4.65. The van der Waals surface area contributed by atoms with Crippen LogP contribution >= 0.6 is 23.8 Å². The fourth-order valence-corrected chi connectivity index (χ4v) is 3.11. The average molecular weight is 416 g/mol. The van der Waals surface area contributed by atoms with Crippen LogP contribution in [-0.4, -0.2) is 19.8 Å². The summed E-state index contributed by atoms with van der Waals surface area (Å²) >= 11 is 11.3. The molecule has 0 saturated heterocycles. The highest BCUT2D eigenvalue weighted by Gasteiger charge is 2.14. The molecule has 0 aliphatic carbocycles. The molecule has 0 bridgehead atoms. The van der Waals surface area contributed by atoms with Crippen molar-refractivity contribution < 1.29 is 4.92 Å². The molecule has 7 nitrogen and oxygen atoms in total. The lowest BCUT2D eigenvalue weighted by molar-refractivity contribution is -0.384. The number of nitrogens with one attached hydrogen (secondary N) is 2. The first-order valence-corrected chi connectivity index (χ1v) is 9.23. The Bertz CT molecular complexity index is 1030. The molecule has 0 fully saturated rings. The molecule has 0 aliphatic heterocycles. The number of nitrogens with zero attached hydrogens (tertiary/aromatic N) is 3. The van der Waals surface area contributed by atoms with E-state index in [4.69, 9.17) is 23.8 Å². The molecule has 0 unspecified atom stereocenters. The number of non-ortho nitro benzene ring substituents is 1. The quantitative estimate of drug-likeness (QED) is 0.349. The number of thiocarbonyl (C=S) groups is 1. The van der Waals surface area contributed by atoms with Gasteiger partial charge < -0.3 is 10.6 Å². The molecule has 0 radical (unpaired) electrons. The van der Waals surface area contributed by atoms with Gasteiger partial charge in [-0.3, -0.25) is 14.8 Å². The number of halogens is 1. The molecule has 0 atom stereocenters. The smallest absolute Gasteiger partial charge is 0.271 e. The lowest BCUT2D eigenvalue weighted by Crippen LogP contribution is -2.20. The summed E-state index contributed by atoms with van der Waals surface area (Å²) in [6.45, 7) is 4.45. The minimum absolute atomic E-state index is 0.00375. The van der Waals surface area contributed by atoms with Crippen molar-refractivity contribution in [1.82, 2.24) is 9.78 Å². The van der Waals surface area contributed by atoms with Crippen LogP contribution in [-0.2, 0) is 6.54 Å². The Balaban J connectivity index is 1.72. The Labute approximate surface area is 172 Å². The van der Waals surface area contributed by atoms with Gasteiger partial charge in [0.15, 0.2) is 5.11 Å². The van der Waals surface area contributed by atoms with Crippen molar-refractivity contribution in [1.29, 1.82) is 0 Å². The largest absolute Gasteiger partial charge is 0.332 e. The van der Waals surface area contributed by atoms with Crippen LogP contribution in [0.4, 0.5) is 17.1 Å². The van der Waals surface area contributed by atoms with Crippen molar-refractivity contribution in [3.8, 4) is 0 Å². The second kappa shape index (κ2) is 8.37. The molecule has 1 heterocycles. The number of rotatable bonds is 5. The van der Waals surface area contributed by atoms with Gasteiger partial charge in [-0.1, -0.05) is 29.8 Å². The molecular formula is C19H18ClN5O2S. The van der Waals surface area contributed by atoms with Crippen LogP contribution in [0.5, 0.6) is 0 Å². The molecule has 144 valence electrons. The van der Waals surface area contributed by atoms with E-state index in [-0.39, 0.29) is 5.69 Å². The number of benzene rings is 2. The molecular weight excluding hydrogens is 398 g/mol. The van der Waals surface area contributed by atoms with E-state index in [1.165, 1.54) is 12.1 Å². The molecule has 0 spiro atoms.